The van der Waals surface area contributed by atoms with E-state index in [1.54, 1.807) is 6.08 Å². The molecule has 2 rings (SSSR count). The topological polar surface area (TPSA) is 87.0 Å². The summed E-state index contributed by atoms with van der Waals surface area (Å²) in [5, 5.41) is 31.1. The Hall–Kier alpha value is -1.95. The molecule has 2 unspecified atom stereocenters. The van der Waals surface area contributed by atoms with Gasteiger partial charge in [-0.1, -0.05) is 61.1 Å². The molecular formula is C28H42O5. The Bertz CT molecular complexity index is 727. The van der Waals surface area contributed by atoms with Gasteiger partial charge in [-0.15, -0.1) is 0 Å². The number of carbonyl (C=O) groups excluding carboxylic acids is 1. The van der Waals surface area contributed by atoms with E-state index in [0.717, 1.165) is 32.1 Å². The minimum atomic E-state index is -0.592. The average molecular weight is 459 g/mol. The quantitative estimate of drug-likeness (QED) is 0.213. The third kappa shape index (κ3) is 10.7. The fraction of sp³-hybridized carbons (Fsp3) is 0.607. The number of unbranched alkanes of at least 4 members (excludes halogenated alkanes) is 2. The first-order valence-corrected chi connectivity index (χ1v) is 12.5. The predicted octanol–water partition coefficient (Wildman–Crippen LogP) is 4.74. The smallest absolute Gasteiger partial charge is 0.306 e. The molecule has 5 nitrogen and oxygen atoms in total. The maximum Gasteiger partial charge on any atom is 0.306 e. The molecule has 0 amide bonds. The molecule has 1 aliphatic rings. The van der Waals surface area contributed by atoms with Gasteiger partial charge in [-0.2, -0.15) is 0 Å². The summed E-state index contributed by atoms with van der Waals surface area (Å²) in [5.74, 6) is -0.398. The second-order valence-corrected chi connectivity index (χ2v) is 9.43. The second-order valence-electron chi connectivity index (χ2n) is 9.43. The van der Waals surface area contributed by atoms with Crippen molar-refractivity contribution in [3.63, 3.8) is 0 Å². The number of aryl methyl sites for hydroxylation is 1. The van der Waals surface area contributed by atoms with Crippen molar-refractivity contribution in [3.8, 4) is 0 Å². The summed E-state index contributed by atoms with van der Waals surface area (Å²) in [6, 6.07) is 10.4. The number of hydrogen-bond acceptors (Lipinski definition) is 5. The Morgan fingerprint density at radius 1 is 1.09 bits per heavy atom. The van der Waals surface area contributed by atoms with Crippen molar-refractivity contribution in [2.75, 3.05) is 0 Å². The Morgan fingerprint density at radius 3 is 2.58 bits per heavy atom. The molecule has 33 heavy (non-hydrogen) atoms. The number of esters is 1. The molecule has 5 heteroatoms. The van der Waals surface area contributed by atoms with Crippen molar-refractivity contribution < 1.29 is 24.9 Å². The Labute approximate surface area is 199 Å². The molecule has 0 saturated heterocycles. The molecule has 1 aliphatic carbocycles. The Morgan fingerprint density at radius 2 is 1.85 bits per heavy atom. The SMILES string of the molecule is CC(C)OC(=O)CCC/C=C\CC1C(/C=C/[C@@H](O)CCCCc2ccccc2)[C@H](O)C[C@@H]1O. The molecule has 1 aromatic rings. The standard InChI is InChI=1S/C28H42O5/c1-21(2)33-28(32)17-9-4-3-8-16-24-25(27(31)20-26(24)30)19-18-23(29)15-11-10-14-22-12-6-5-7-13-22/h3,5-8,12-13,18-19,21,23-27,29-31H,4,9-11,14-17,20H2,1-2H3/b8-3-,19-18+/t23-,24?,25?,26-,27+/m0/s1. The zero-order valence-electron chi connectivity index (χ0n) is 20.2. The molecule has 3 N–H and O–H groups in total. The van der Waals surface area contributed by atoms with Crippen LogP contribution in [0.25, 0.3) is 0 Å². The molecule has 0 spiro atoms. The van der Waals surface area contributed by atoms with Crippen LogP contribution in [0.15, 0.2) is 54.6 Å². The van der Waals surface area contributed by atoms with Crippen LogP contribution in [0.1, 0.15) is 70.8 Å². The van der Waals surface area contributed by atoms with E-state index in [1.807, 2.05) is 50.3 Å². The predicted molar refractivity (Wildman–Crippen MR) is 132 cm³/mol. The van der Waals surface area contributed by atoms with Crippen molar-refractivity contribution in [3.05, 3.63) is 60.2 Å². The minimum absolute atomic E-state index is 0.0660. The maximum absolute atomic E-state index is 11.6. The van der Waals surface area contributed by atoms with Crippen LogP contribution in [-0.4, -0.2) is 45.7 Å². The van der Waals surface area contributed by atoms with Crippen LogP contribution >= 0.6 is 0 Å². The van der Waals surface area contributed by atoms with E-state index in [1.165, 1.54) is 5.56 Å². The number of carbonyl (C=O) groups is 1. The zero-order valence-corrected chi connectivity index (χ0v) is 20.2. The number of benzene rings is 1. The number of ether oxygens (including phenoxy) is 1. The van der Waals surface area contributed by atoms with Gasteiger partial charge in [0.1, 0.15) is 0 Å². The monoisotopic (exact) mass is 458 g/mol. The number of rotatable bonds is 14. The van der Waals surface area contributed by atoms with Crippen molar-refractivity contribution in [2.45, 2.75) is 96.1 Å². The number of aliphatic hydroxyl groups excluding tert-OH is 3. The third-order valence-corrected chi connectivity index (χ3v) is 6.22. The van der Waals surface area contributed by atoms with E-state index in [2.05, 4.69) is 12.1 Å². The number of aliphatic hydroxyl groups is 3. The normalized spacial score (nSPS) is 24.2. The fourth-order valence-electron chi connectivity index (χ4n) is 4.44. The molecule has 0 radical (unpaired) electrons. The van der Waals surface area contributed by atoms with Crippen LogP contribution in [0, 0.1) is 11.8 Å². The molecule has 0 bridgehead atoms. The Kier molecular flexibility index (Phi) is 12.4. The second kappa shape index (κ2) is 15.0. The van der Waals surface area contributed by atoms with Gasteiger partial charge < -0.3 is 20.1 Å². The van der Waals surface area contributed by atoms with E-state index in [9.17, 15) is 20.1 Å². The maximum atomic E-state index is 11.6. The van der Waals surface area contributed by atoms with Crippen LogP contribution in [0.3, 0.4) is 0 Å². The van der Waals surface area contributed by atoms with E-state index in [-0.39, 0.29) is 23.9 Å². The van der Waals surface area contributed by atoms with Gasteiger partial charge >= 0.3 is 5.97 Å². The van der Waals surface area contributed by atoms with Crippen LogP contribution < -0.4 is 0 Å². The third-order valence-electron chi connectivity index (χ3n) is 6.22. The van der Waals surface area contributed by atoms with Gasteiger partial charge in [-0.25, -0.2) is 0 Å². The van der Waals surface area contributed by atoms with E-state index in [0.29, 0.717) is 25.7 Å². The summed E-state index contributed by atoms with van der Waals surface area (Å²) in [6.45, 7) is 3.68. The number of allylic oxidation sites excluding steroid dienone is 2. The van der Waals surface area contributed by atoms with Gasteiger partial charge in [0.05, 0.1) is 24.4 Å². The van der Waals surface area contributed by atoms with Crippen molar-refractivity contribution >= 4 is 5.97 Å². The molecule has 0 aromatic heterocycles. The molecule has 184 valence electrons. The first-order chi connectivity index (χ1) is 15.9. The highest BCUT2D eigenvalue weighted by Gasteiger charge is 2.39. The number of hydrogen-bond donors (Lipinski definition) is 3. The molecule has 1 aromatic carbocycles. The molecule has 0 aliphatic heterocycles. The van der Waals surface area contributed by atoms with E-state index >= 15 is 0 Å². The van der Waals surface area contributed by atoms with E-state index in [4.69, 9.17) is 4.74 Å². The lowest BCUT2D eigenvalue weighted by atomic mass is 9.89. The van der Waals surface area contributed by atoms with Crippen LogP contribution in [0.2, 0.25) is 0 Å². The fourth-order valence-corrected chi connectivity index (χ4v) is 4.44. The minimum Gasteiger partial charge on any atom is -0.463 e. The van der Waals surface area contributed by atoms with Gasteiger partial charge in [0.25, 0.3) is 0 Å². The highest BCUT2D eigenvalue weighted by atomic mass is 16.5. The van der Waals surface area contributed by atoms with Crippen LogP contribution in [0.5, 0.6) is 0 Å². The largest absolute Gasteiger partial charge is 0.463 e. The van der Waals surface area contributed by atoms with Gasteiger partial charge in [-0.3, -0.25) is 4.79 Å². The van der Waals surface area contributed by atoms with Gasteiger partial charge in [-0.05, 0) is 63.9 Å². The molecule has 5 atom stereocenters. The van der Waals surface area contributed by atoms with Gasteiger partial charge in [0.2, 0.25) is 0 Å². The average Bonchev–Trinajstić information content (AvgIpc) is 3.04. The summed E-state index contributed by atoms with van der Waals surface area (Å²) in [5.41, 5.74) is 1.32. The van der Waals surface area contributed by atoms with E-state index < -0.39 is 18.3 Å². The summed E-state index contributed by atoms with van der Waals surface area (Å²) < 4.78 is 5.12. The highest BCUT2D eigenvalue weighted by Crippen LogP contribution is 2.36. The lowest BCUT2D eigenvalue weighted by Crippen LogP contribution is -2.20. The van der Waals surface area contributed by atoms with Crippen LogP contribution in [0.4, 0.5) is 0 Å². The van der Waals surface area contributed by atoms with Gasteiger partial charge in [0, 0.05) is 18.8 Å². The zero-order chi connectivity index (χ0) is 24.1. The van der Waals surface area contributed by atoms with Crippen molar-refractivity contribution in [1.82, 2.24) is 0 Å². The van der Waals surface area contributed by atoms with Gasteiger partial charge in [0.15, 0.2) is 0 Å². The molecular weight excluding hydrogens is 416 g/mol. The summed E-state index contributed by atoms with van der Waals surface area (Å²) in [6.07, 6.45) is 12.6. The molecule has 1 saturated carbocycles. The van der Waals surface area contributed by atoms with Crippen LogP contribution in [-0.2, 0) is 16.0 Å². The first kappa shape index (κ1) is 27.3. The molecule has 1 fully saturated rings. The summed E-state index contributed by atoms with van der Waals surface area (Å²) >= 11 is 0. The lowest BCUT2D eigenvalue weighted by Gasteiger charge is -2.19. The highest BCUT2D eigenvalue weighted by molar-refractivity contribution is 5.69. The molecule has 0 heterocycles. The van der Waals surface area contributed by atoms with Crippen molar-refractivity contribution in [2.24, 2.45) is 11.8 Å². The van der Waals surface area contributed by atoms with Crippen molar-refractivity contribution in [1.29, 1.82) is 0 Å². The Balaban J connectivity index is 1.70. The summed E-state index contributed by atoms with van der Waals surface area (Å²) in [7, 11) is 0. The lowest BCUT2D eigenvalue weighted by molar-refractivity contribution is -0.147. The summed E-state index contributed by atoms with van der Waals surface area (Å²) in [4.78, 5) is 11.6. The first-order valence-electron chi connectivity index (χ1n) is 12.5.